The topological polar surface area (TPSA) is 6.48 Å². The van der Waals surface area contributed by atoms with Gasteiger partial charge in [-0.25, -0.2) is 0 Å². The number of benzene rings is 10. The SMILES string of the molecule is Cc1cc(C)cc(N(c2cc(C)cc(C)c2)c2ccc3c(c2)C(C)(C)c2cc(C=Cc4ccc5cc(C=Cc6ccc7c(c6)C(C)(C)c6cc(N(c8cc(C)cc(C)c8)c8cc(C)cc(C)c8)ccc6-7)ccc5c4)ccc2-3)c1. The molecule has 0 bridgehead atoms. The van der Waals surface area contributed by atoms with Crippen molar-refractivity contribution in [2.75, 3.05) is 9.80 Å². The molecule has 0 amide bonds. The van der Waals surface area contributed by atoms with Gasteiger partial charge in [-0.3, -0.25) is 0 Å². The van der Waals surface area contributed by atoms with Crippen molar-refractivity contribution in [2.45, 2.75) is 93.9 Å². The first kappa shape index (κ1) is 50.4. The Kier molecular flexibility index (Phi) is 12.4. The summed E-state index contributed by atoms with van der Waals surface area (Å²) in [5.74, 6) is 0. The third kappa shape index (κ3) is 9.28. The highest BCUT2D eigenvalue weighted by Gasteiger charge is 2.38. The highest BCUT2D eigenvalue weighted by atomic mass is 15.1. The van der Waals surface area contributed by atoms with Crippen LogP contribution in [0.25, 0.3) is 57.3 Å². The van der Waals surface area contributed by atoms with Gasteiger partial charge in [0, 0.05) is 45.0 Å². The lowest BCUT2D eigenvalue weighted by atomic mass is 9.81. The van der Waals surface area contributed by atoms with Crippen LogP contribution in [-0.2, 0) is 10.8 Å². The van der Waals surface area contributed by atoms with E-state index >= 15 is 0 Å². The molecule has 0 unspecified atom stereocenters. The van der Waals surface area contributed by atoms with Gasteiger partial charge in [0.1, 0.15) is 0 Å². The van der Waals surface area contributed by atoms with Crippen molar-refractivity contribution >= 4 is 69.2 Å². The summed E-state index contributed by atoms with van der Waals surface area (Å²) in [5, 5.41) is 2.47. The van der Waals surface area contributed by atoms with Crippen LogP contribution >= 0.6 is 0 Å². The largest absolute Gasteiger partial charge is 0.310 e. The summed E-state index contributed by atoms with van der Waals surface area (Å²) in [6, 6.07) is 69.3. The van der Waals surface area contributed by atoms with Crippen LogP contribution in [0.4, 0.5) is 34.1 Å². The maximum absolute atomic E-state index is 2.44. The minimum Gasteiger partial charge on any atom is -0.310 e. The molecule has 0 radical (unpaired) electrons. The second-order valence-electron chi connectivity index (χ2n) is 23.9. The quantitative estimate of drug-likeness (QED) is 0.126. The molecule has 2 heteroatoms. The molecule has 12 rings (SSSR count). The van der Waals surface area contributed by atoms with Crippen molar-refractivity contribution in [3.63, 3.8) is 0 Å². The second kappa shape index (κ2) is 19.2. The fourth-order valence-corrected chi connectivity index (χ4v) is 13.1. The summed E-state index contributed by atoms with van der Waals surface area (Å²) >= 11 is 0. The van der Waals surface area contributed by atoms with Crippen LogP contribution in [0, 0.1) is 55.4 Å². The number of nitrogens with zero attached hydrogens (tertiary/aromatic N) is 2. The normalized spacial score (nSPS) is 13.7. The molecule has 0 fully saturated rings. The predicted octanol–water partition coefficient (Wildman–Crippen LogP) is 21.2. The number of rotatable bonds is 10. The van der Waals surface area contributed by atoms with Gasteiger partial charge in [0.05, 0.1) is 0 Å². The third-order valence-corrected chi connectivity index (χ3v) is 16.6. The minimum atomic E-state index is -0.170. The van der Waals surface area contributed by atoms with E-state index in [1.54, 1.807) is 0 Å². The summed E-state index contributed by atoms with van der Waals surface area (Å²) < 4.78 is 0. The van der Waals surface area contributed by atoms with Gasteiger partial charge in [0.2, 0.25) is 0 Å². The molecule has 384 valence electrons. The Balaban J connectivity index is 0.767. The molecule has 0 aromatic heterocycles. The van der Waals surface area contributed by atoms with Crippen molar-refractivity contribution in [2.24, 2.45) is 0 Å². The lowest BCUT2D eigenvalue weighted by molar-refractivity contribution is 0.660. The fraction of sp³-hybridized carbons (Fsp3) is 0.184. The Morgan fingerprint density at radius 1 is 0.244 bits per heavy atom. The van der Waals surface area contributed by atoms with Crippen LogP contribution in [-0.4, -0.2) is 0 Å². The predicted molar refractivity (Wildman–Crippen MR) is 337 cm³/mol. The molecule has 0 spiro atoms. The molecule has 0 aliphatic heterocycles. The number of hydrogen-bond donors (Lipinski definition) is 0. The Morgan fingerprint density at radius 2 is 0.487 bits per heavy atom. The molecule has 0 atom stereocenters. The van der Waals surface area contributed by atoms with Crippen LogP contribution in [0.3, 0.4) is 0 Å². The summed E-state index contributed by atoms with van der Waals surface area (Å²) in [6.45, 7) is 27.1. The summed E-state index contributed by atoms with van der Waals surface area (Å²) in [6.07, 6.45) is 9.06. The van der Waals surface area contributed by atoms with E-state index in [1.165, 1.54) is 156 Å². The summed E-state index contributed by atoms with van der Waals surface area (Å²) in [7, 11) is 0. The molecular formula is C76H70N2. The van der Waals surface area contributed by atoms with Gasteiger partial charge in [0.25, 0.3) is 0 Å². The Morgan fingerprint density at radius 3 is 0.782 bits per heavy atom. The summed E-state index contributed by atoms with van der Waals surface area (Å²) in [4.78, 5) is 4.87. The van der Waals surface area contributed by atoms with Crippen molar-refractivity contribution < 1.29 is 0 Å². The van der Waals surface area contributed by atoms with E-state index in [0.29, 0.717) is 0 Å². The Bertz CT molecular complexity index is 3680. The average molecular weight is 1010 g/mol. The van der Waals surface area contributed by atoms with Gasteiger partial charge in [-0.2, -0.15) is 0 Å². The first-order chi connectivity index (χ1) is 37.3. The first-order valence-corrected chi connectivity index (χ1v) is 27.8. The van der Waals surface area contributed by atoms with E-state index in [0.717, 1.165) is 0 Å². The maximum Gasteiger partial charge on any atom is 0.0466 e. The maximum atomic E-state index is 2.44. The molecule has 78 heavy (non-hydrogen) atoms. The molecule has 10 aromatic carbocycles. The van der Waals surface area contributed by atoms with Crippen molar-refractivity contribution in [1.29, 1.82) is 0 Å². The number of anilines is 6. The van der Waals surface area contributed by atoms with Crippen LogP contribution in [0.5, 0.6) is 0 Å². The van der Waals surface area contributed by atoms with Gasteiger partial charge >= 0.3 is 0 Å². The highest BCUT2D eigenvalue weighted by Crippen LogP contribution is 2.53. The average Bonchev–Trinajstić information content (AvgIpc) is 3.95. The molecule has 0 N–H and O–H groups in total. The molecule has 2 aliphatic carbocycles. The van der Waals surface area contributed by atoms with E-state index in [2.05, 4.69) is 299 Å². The molecule has 0 heterocycles. The lowest BCUT2D eigenvalue weighted by Gasteiger charge is -2.29. The lowest BCUT2D eigenvalue weighted by Crippen LogP contribution is -2.17. The number of fused-ring (bicyclic) bond motifs is 7. The van der Waals surface area contributed by atoms with Crippen LogP contribution in [0.1, 0.15) is 117 Å². The van der Waals surface area contributed by atoms with Gasteiger partial charge in [-0.15, -0.1) is 0 Å². The van der Waals surface area contributed by atoms with Crippen molar-refractivity contribution in [3.8, 4) is 22.3 Å². The van der Waals surface area contributed by atoms with Gasteiger partial charge < -0.3 is 9.80 Å². The van der Waals surface area contributed by atoms with Gasteiger partial charge in [-0.05, 0) is 262 Å². The van der Waals surface area contributed by atoms with Crippen LogP contribution in [0.15, 0.2) is 182 Å². The van der Waals surface area contributed by atoms with E-state index < -0.39 is 0 Å². The van der Waals surface area contributed by atoms with Crippen LogP contribution in [0.2, 0.25) is 0 Å². The zero-order valence-electron chi connectivity index (χ0n) is 47.5. The van der Waals surface area contributed by atoms with Crippen LogP contribution < -0.4 is 9.80 Å². The molecule has 0 saturated carbocycles. The van der Waals surface area contributed by atoms with E-state index in [-0.39, 0.29) is 10.8 Å². The monoisotopic (exact) mass is 1010 g/mol. The van der Waals surface area contributed by atoms with Gasteiger partial charge in [-0.1, -0.05) is 149 Å². The molecule has 10 aromatic rings. The Labute approximate surface area is 463 Å². The fourth-order valence-electron chi connectivity index (χ4n) is 13.1. The van der Waals surface area contributed by atoms with E-state index in [9.17, 15) is 0 Å². The van der Waals surface area contributed by atoms with Crippen molar-refractivity contribution in [1.82, 2.24) is 0 Å². The second-order valence-corrected chi connectivity index (χ2v) is 23.9. The van der Waals surface area contributed by atoms with Gasteiger partial charge in [0.15, 0.2) is 0 Å². The summed E-state index contributed by atoms with van der Waals surface area (Å²) in [5.41, 5.74) is 32.4. The minimum absolute atomic E-state index is 0.170. The standard InChI is InChI=1S/C76H70N2/c1-47-29-48(2)34-63(33-47)77(64-35-49(3)30-50(4)36-64)61-23-27-69-67-25-19-57(43-71(67)75(9,10)73(69)45-61)15-13-55-17-21-60-42-56(18-22-59(60)41-55)14-16-58-20-26-68-70-28-24-62(46-74(70)76(11,12)72(68)44-58)78(65-37-51(5)31-52(6)38-65)66-39-53(7)32-54(8)40-66/h13-46H,1-12H3. The highest BCUT2D eigenvalue weighted by molar-refractivity contribution is 5.92. The molecule has 2 aliphatic rings. The molecular weight excluding hydrogens is 941 g/mol. The zero-order valence-corrected chi connectivity index (χ0v) is 47.5. The smallest absolute Gasteiger partial charge is 0.0466 e. The number of aryl methyl sites for hydroxylation is 8. The van der Waals surface area contributed by atoms with E-state index in [4.69, 9.17) is 0 Å². The third-order valence-electron chi connectivity index (χ3n) is 16.6. The Hall–Kier alpha value is -8.46. The van der Waals surface area contributed by atoms with E-state index in [1.807, 2.05) is 0 Å². The molecule has 0 saturated heterocycles. The molecule has 2 nitrogen and oxygen atoms in total. The number of hydrogen-bond acceptors (Lipinski definition) is 2. The first-order valence-electron chi connectivity index (χ1n) is 27.8. The van der Waals surface area contributed by atoms with Crippen molar-refractivity contribution in [3.05, 3.63) is 271 Å². The zero-order chi connectivity index (χ0) is 54.4.